The van der Waals surface area contributed by atoms with Gasteiger partial charge in [0.05, 0.1) is 39.6 Å². The molecule has 33 heavy (non-hydrogen) atoms. The Bertz CT molecular complexity index is 577. The van der Waals surface area contributed by atoms with Gasteiger partial charge in [0.1, 0.15) is 36.6 Å². The summed E-state index contributed by atoms with van der Waals surface area (Å²) in [4.78, 5) is 0. The molecule has 0 aromatic carbocycles. The van der Waals surface area contributed by atoms with E-state index in [4.69, 9.17) is 52.1 Å². The standard InChI is InChI=1S/C22H38O11/c1-21(2)30-17-15(13(11-23-5)28-19(17)32-21)26-9-7-25-8-10-27-16-14(12-24-6)29-20-18(16)31-22(3,4)33-20/h13-20H,7-12H2,1-6H3/t13-,14-,15-,16-,17-,18-,19-,20-/m1/s1. The SMILES string of the molecule is COC[C@H]1O[C@@H]2OC(C)(C)O[C@@H]2[C@@H]1OCCOCCO[C@H]1[C@H]2OC(C)(C)O[C@H]2O[C@@H]1COC. The molecule has 0 aliphatic carbocycles. The van der Waals surface area contributed by atoms with Crippen molar-refractivity contribution >= 4 is 0 Å². The third kappa shape index (κ3) is 6.04. The van der Waals surface area contributed by atoms with Gasteiger partial charge >= 0.3 is 0 Å². The van der Waals surface area contributed by atoms with Crippen molar-refractivity contribution in [3.8, 4) is 0 Å². The minimum absolute atomic E-state index is 0.254. The van der Waals surface area contributed by atoms with Gasteiger partial charge in [-0.25, -0.2) is 0 Å². The minimum Gasteiger partial charge on any atom is -0.382 e. The first-order valence-corrected chi connectivity index (χ1v) is 11.5. The van der Waals surface area contributed by atoms with Crippen LogP contribution < -0.4 is 0 Å². The van der Waals surface area contributed by atoms with Crippen LogP contribution in [0.25, 0.3) is 0 Å². The lowest BCUT2D eigenvalue weighted by molar-refractivity contribution is -0.224. The first-order valence-electron chi connectivity index (χ1n) is 11.5. The van der Waals surface area contributed by atoms with Crippen LogP contribution in [-0.2, 0) is 52.1 Å². The Morgan fingerprint density at radius 2 is 1.03 bits per heavy atom. The predicted molar refractivity (Wildman–Crippen MR) is 111 cm³/mol. The van der Waals surface area contributed by atoms with E-state index in [9.17, 15) is 0 Å². The highest BCUT2D eigenvalue weighted by Crippen LogP contribution is 2.39. The molecule has 0 saturated carbocycles. The molecule has 0 spiro atoms. The lowest BCUT2D eigenvalue weighted by Gasteiger charge is -2.26. The number of ether oxygens (including phenoxy) is 11. The molecule has 4 rings (SSSR count). The van der Waals surface area contributed by atoms with Crippen LogP contribution in [0.5, 0.6) is 0 Å². The van der Waals surface area contributed by atoms with Crippen molar-refractivity contribution in [1.29, 1.82) is 0 Å². The quantitative estimate of drug-likeness (QED) is 0.373. The third-order valence-corrected chi connectivity index (χ3v) is 5.91. The molecule has 0 unspecified atom stereocenters. The highest BCUT2D eigenvalue weighted by atomic mass is 16.9. The average Bonchev–Trinajstić information content (AvgIpc) is 3.38. The van der Waals surface area contributed by atoms with Gasteiger partial charge in [0.15, 0.2) is 24.2 Å². The number of methoxy groups -OCH3 is 2. The Kier molecular flexibility index (Phi) is 8.29. The lowest BCUT2D eigenvalue weighted by atomic mass is 10.1. The summed E-state index contributed by atoms with van der Waals surface area (Å²) in [7, 11) is 3.25. The third-order valence-electron chi connectivity index (χ3n) is 5.91. The predicted octanol–water partition coefficient (Wildman–Crippen LogP) is 0.819. The maximum absolute atomic E-state index is 6.04. The van der Waals surface area contributed by atoms with Crippen LogP contribution >= 0.6 is 0 Å². The molecule has 0 N–H and O–H groups in total. The van der Waals surface area contributed by atoms with Crippen molar-refractivity contribution in [3.63, 3.8) is 0 Å². The molecule has 4 aliphatic rings. The maximum atomic E-state index is 6.04. The molecule has 11 heteroatoms. The summed E-state index contributed by atoms with van der Waals surface area (Å²) in [6, 6.07) is 0. The van der Waals surface area contributed by atoms with Gasteiger partial charge in [-0.15, -0.1) is 0 Å². The minimum atomic E-state index is -0.699. The van der Waals surface area contributed by atoms with Crippen LogP contribution in [-0.4, -0.2) is 115 Å². The second kappa shape index (κ2) is 10.7. The van der Waals surface area contributed by atoms with E-state index in [2.05, 4.69) is 0 Å². The van der Waals surface area contributed by atoms with E-state index in [0.717, 1.165) is 0 Å². The topological polar surface area (TPSA) is 102 Å². The van der Waals surface area contributed by atoms with Crippen LogP contribution in [0.4, 0.5) is 0 Å². The summed E-state index contributed by atoms with van der Waals surface area (Å²) in [5.41, 5.74) is 0. The summed E-state index contributed by atoms with van der Waals surface area (Å²) in [6.45, 7) is 9.82. The van der Waals surface area contributed by atoms with Crippen molar-refractivity contribution in [2.24, 2.45) is 0 Å². The average molecular weight is 479 g/mol. The van der Waals surface area contributed by atoms with E-state index in [1.54, 1.807) is 14.2 Å². The molecule has 8 atom stereocenters. The van der Waals surface area contributed by atoms with Gasteiger partial charge in [0.25, 0.3) is 0 Å². The highest BCUT2D eigenvalue weighted by molar-refractivity contribution is 4.95. The number of hydrogen-bond donors (Lipinski definition) is 0. The van der Waals surface area contributed by atoms with E-state index < -0.39 is 24.2 Å². The highest BCUT2D eigenvalue weighted by Gasteiger charge is 2.56. The first-order chi connectivity index (χ1) is 15.7. The summed E-state index contributed by atoms with van der Waals surface area (Å²) >= 11 is 0. The van der Waals surface area contributed by atoms with E-state index in [0.29, 0.717) is 39.6 Å². The van der Waals surface area contributed by atoms with Crippen LogP contribution in [0.2, 0.25) is 0 Å². The molecule has 0 bridgehead atoms. The van der Waals surface area contributed by atoms with Gasteiger partial charge in [-0.1, -0.05) is 0 Å². The van der Waals surface area contributed by atoms with Crippen molar-refractivity contribution in [2.45, 2.75) is 88.5 Å². The largest absolute Gasteiger partial charge is 0.382 e. The summed E-state index contributed by atoms with van der Waals surface area (Å²) in [5, 5.41) is 0. The molecule has 0 aromatic heterocycles. The zero-order chi connectivity index (χ0) is 23.6. The number of rotatable bonds is 12. The van der Waals surface area contributed by atoms with Gasteiger partial charge in [-0.2, -0.15) is 0 Å². The monoisotopic (exact) mass is 478 g/mol. The fraction of sp³-hybridized carbons (Fsp3) is 1.00. The maximum Gasteiger partial charge on any atom is 0.190 e. The van der Waals surface area contributed by atoms with Crippen LogP contribution in [0.1, 0.15) is 27.7 Å². The van der Waals surface area contributed by atoms with E-state index in [-0.39, 0.29) is 36.6 Å². The molecule has 0 aromatic rings. The Hall–Kier alpha value is -0.440. The molecule has 0 radical (unpaired) electrons. The van der Waals surface area contributed by atoms with Gasteiger partial charge < -0.3 is 52.1 Å². The molecule has 0 amide bonds. The number of hydrogen-bond acceptors (Lipinski definition) is 11. The second-order valence-corrected chi connectivity index (χ2v) is 9.48. The fourth-order valence-electron chi connectivity index (χ4n) is 4.68. The van der Waals surface area contributed by atoms with E-state index >= 15 is 0 Å². The molecule has 4 fully saturated rings. The Balaban J connectivity index is 1.16. The van der Waals surface area contributed by atoms with Crippen LogP contribution in [0.15, 0.2) is 0 Å². The van der Waals surface area contributed by atoms with Crippen molar-refractivity contribution in [3.05, 3.63) is 0 Å². The first kappa shape index (κ1) is 25.6. The summed E-state index contributed by atoms with van der Waals surface area (Å²) in [5.74, 6) is -1.40. The van der Waals surface area contributed by atoms with Crippen LogP contribution in [0, 0.1) is 0 Å². The van der Waals surface area contributed by atoms with Crippen molar-refractivity contribution in [1.82, 2.24) is 0 Å². The normalized spacial score (nSPS) is 40.9. The zero-order valence-corrected chi connectivity index (χ0v) is 20.4. The van der Waals surface area contributed by atoms with Crippen molar-refractivity contribution in [2.75, 3.05) is 53.9 Å². The van der Waals surface area contributed by atoms with Gasteiger partial charge in [0, 0.05) is 14.2 Å². The summed E-state index contributed by atoms with van der Waals surface area (Å²) in [6.07, 6.45) is -2.59. The Labute approximate surface area is 195 Å². The second-order valence-electron chi connectivity index (χ2n) is 9.48. The molecule has 4 heterocycles. The molecular weight excluding hydrogens is 440 g/mol. The molecule has 11 nitrogen and oxygen atoms in total. The number of fused-ring (bicyclic) bond motifs is 2. The van der Waals surface area contributed by atoms with Gasteiger partial charge in [-0.05, 0) is 27.7 Å². The van der Waals surface area contributed by atoms with Gasteiger partial charge in [-0.3, -0.25) is 0 Å². The molecule has 4 saturated heterocycles. The smallest absolute Gasteiger partial charge is 0.190 e. The molecule has 4 aliphatic heterocycles. The van der Waals surface area contributed by atoms with Gasteiger partial charge in [0.2, 0.25) is 0 Å². The van der Waals surface area contributed by atoms with Crippen molar-refractivity contribution < 1.29 is 52.1 Å². The summed E-state index contributed by atoms with van der Waals surface area (Å²) < 4.78 is 63.6. The van der Waals surface area contributed by atoms with Crippen LogP contribution in [0.3, 0.4) is 0 Å². The Morgan fingerprint density at radius 3 is 1.42 bits per heavy atom. The van der Waals surface area contributed by atoms with E-state index in [1.807, 2.05) is 27.7 Å². The lowest BCUT2D eigenvalue weighted by Crippen LogP contribution is -2.40. The molecular formula is C22H38O11. The Morgan fingerprint density at radius 1 is 0.606 bits per heavy atom. The van der Waals surface area contributed by atoms with E-state index in [1.165, 1.54) is 0 Å². The molecule has 192 valence electrons. The fourth-order valence-corrected chi connectivity index (χ4v) is 4.68. The zero-order valence-electron chi connectivity index (χ0n) is 20.4.